The quantitative estimate of drug-likeness (QED) is 0.553. The van der Waals surface area contributed by atoms with Crippen LogP contribution < -0.4 is 5.32 Å². The van der Waals surface area contributed by atoms with Crippen LogP contribution in [0.3, 0.4) is 0 Å². The van der Waals surface area contributed by atoms with Crippen molar-refractivity contribution in [3.05, 3.63) is 11.8 Å². The number of piperazine rings is 1. The van der Waals surface area contributed by atoms with Crippen LogP contribution >= 0.6 is 0 Å². The molecule has 2 fully saturated rings. The lowest BCUT2D eigenvalue weighted by Crippen LogP contribution is -2.46. The molecule has 8 heteroatoms. The smallest absolute Gasteiger partial charge is 0.263 e. The third-order valence-corrected chi connectivity index (χ3v) is 7.16. The highest BCUT2D eigenvalue weighted by molar-refractivity contribution is 7.88. The van der Waals surface area contributed by atoms with Crippen LogP contribution in [0, 0.1) is 11.3 Å². The summed E-state index contributed by atoms with van der Waals surface area (Å²) >= 11 is 0. The fraction of sp³-hybridized carbons (Fsp3) is 0.810. The van der Waals surface area contributed by atoms with Crippen molar-refractivity contribution in [2.24, 2.45) is 0 Å². The predicted molar refractivity (Wildman–Crippen MR) is 114 cm³/mol. The maximum Gasteiger partial charge on any atom is 0.263 e. The number of carbonyl (C=O) groups is 1. The molecule has 1 N–H and O–H groups in total. The average Bonchev–Trinajstić information content (AvgIpc) is 2.67. The zero-order valence-electron chi connectivity index (χ0n) is 17.7. The second kappa shape index (κ2) is 12.2. The molecule has 1 aliphatic carbocycles. The Morgan fingerprint density at radius 1 is 0.931 bits per heavy atom. The van der Waals surface area contributed by atoms with E-state index in [4.69, 9.17) is 0 Å². The molecule has 0 atom stereocenters. The lowest BCUT2D eigenvalue weighted by Gasteiger charge is -2.32. The fourth-order valence-electron chi connectivity index (χ4n) is 4.06. The first-order valence-electron chi connectivity index (χ1n) is 11.0. The van der Waals surface area contributed by atoms with Crippen molar-refractivity contribution in [3.63, 3.8) is 0 Å². The highest BCUT2D eigenvalue weighted by atomic mass is 32.2. The van der Waals surface area contributed by atoms with Gasteiger partial charge in [-0.15, -0.1) is 0 Å². The van der Waals surface area contributed by atoms with Gasteiger partial charge < -0.3 is 10.2 Å². The van der Waals surface area contributed by atoms with Gasteiger partial charge in [0.2, 0.25) is 10.0 Å². The maximum atomic E-state index is 12.7. The van der Waals surface area contributed by atoms with Crippen molar-refractivity contribution in [2.75, 3.05) is 32.4 Å². The number of carbonyl (C=O) groups excluding carboxylic acids is 1. The van der Waals surface area contributed by atoms with Gasteiger partial charge in [0.1, 0.15) is 11.6 Å². The molecule has 0 aromatic rings. The van der Waals surface area contributed by atoms with E-state index in [1.165, 1.54) is 55.5 Å². The summed E-state index contributed by atoms with van der Waals surface area (Å²) < 4.78 is 24.7. The van der Waals surface area contributed by atoms with Crippen molar-refractivity contribution in [2.45, 2.75) is 76.7 Å². The van der Waals surface area contributed by atoms with E-state index in [1.54, 1.807) is 6.20 Å². The topological polar surface area (TPSA) is 93.5 Å². The Morgan fingerprint density at radius 2 is 1.41 bits per heavy atom. The lowest BCUT2D eigenvalue weighted by atomic mass is 9.97. The highest BCUT2D eigenvalue weighted by Crippen LogP contribution is 2.17. The van der Waals surface area contributed by atoms with Crippen molar-refractivity contribution >= 4 is 15.9 Å². The third-order valence-electron chi connectivity index (χ3n) is 5.86. The van der Waals surface area contributed by atoms with E-state index in [0.717, 1.165) is 25.7 Å². The number of nitrogens with zero attached hydrogens (tertiary/aromatic N) is 3. The van der Waals surface area contributed by atoms with Crippen molar-refractivity contribution in [3.8, 4) is 6.07 Å². The van der Waals surface area contributed by atoms with Gasteiger partial charge in [-0.05, 0) is 12.8 Å². The number of hydrogen-bond acceptors (Lipinski definition) is 5. The second-order valence-electron chi connectivity index (χ2n) is 8.28. The second-order valence-corrected chi connectivity index (χ2v) is 10.3. The van der Waals surface area contributed by atoms with Crippen LogP contribution in [0.5, 0.6) is 0 Å². The zero-order valence-corrected chi connectivity index (χ0v) is 18.6. The summed E-state index contributed by atoms with van der Waals surface area (Å²) in [5.74, 6) is -0.310. The van der Waals surface area contributed by atoms with E-state index in [1.807, 2.05) is 11.0 Å². The van der Waals surface area contributed by atoms with E-state index in [0.29, 0.717) is 26.2 Å². The number of rotatable bonds is 4. The standard InChI is InChI=1S/C21H36N4O3S/c1-29(27,28)25-15-13-24(14-16-25)18-19(17-22)21(26)23-20-11-9-7-5-3-2-4-6-8-10-12-20/h18,20H,2-16H2,1H3,(H,23,26)/b19-18-. The maximum absolute atomic E-state index is 12.7. The minimum atomic E-state index is -3.19. The van der Waals surface area contributed by atoms with Gasteiger partial charge in [-0.1, -0.05) is 57.8 Å². The van der Waals surface area contributed by atoms with Crippen molar-refractivity contribution in [1.82, 2.24) is 14.5 Å². The van der Waals surface area contributed by atoms with Gasteiger partial charge in [-0.25, -0.2) is 8.42 Å². The van der Waals surface area contributed by atoms with Crippen LogP contribution in [0.1, 0.15) is 70.6 Å². The third kappa shape index (κ3) is 8.75. The van der Waals surface area contributed by atoms with Gasteiger partial charge in [0, 0.05) is 38.4 Å². The Labute approximate surface area is 176 Å². The molecular formula is C21H36N4O3S. The Bertz CT molecular complexity index is 679. The van der Waals surface area contributed by atoms with Gasteiger partial charge in [0.05, 0.1) is 6.26 Å². The first-order chi connectivity index (χ1) is 13.9. The summed E-state index contributed by atoms with van der Waals surface area (Å²) in [6.45, 7) is 1.71. The van der Waals surface area contributed by atoms with Crippen LogP contribution in [0.15, 0.2) is 11.8 Å². The number of nitrogens with one attached hydrogen (secondary N) is 1. The first kappa shape index (κ1) is 23.7. The SMILES string of the molecule is CS(=O)(=O)N1CCN(/C=C(/C#N)C(=O)NC2CCCCCCCCCCC2)CC1. The monoisotopic (exact) mass is 424 g/mol. The number of amides is 1. The minimum Gasteiger partial charge on any atom is -0.373 e. The summed E-state index contributed by atoms with van der Waals surface area (Å²) in [6, 6.07) is 2.15. The normalized spacial score (nSPS) is 22.2. The van der Waals surface area contributed by atoms with Gasteiger partial charge >= 0.3 is 0 Å². The van der Waals surface area contributed by atoms with Gasteiger partial charge in [-0.3, -0.25) is 4.79 Å². The van der Waals surface area contributed by atoms with E-state index < -0.39 is 10.0 Å². The molecule has 1 saturated heterocycles. The molecule has 1 heterocycles. The highest BCUT2D eigenvalue weighted by Gasteiger charge is 2.23. The zero-order chi connectivity index (χ0) is 21.1. The van der Waals surface area contributed by atoms with Crippen LogP contribution in [0.4, 0.5) is 0 Å². The molecule has 164 valence electrons. The summed E-state index contributed by atoms with van der Waals surface area (Å²) in [5, 5.41) is 12.6. The predicted octanol–water partition coefficient (Wildman–Crippen LogP) is 2.76. The summed E-state index contributed by atoms with van der Waals surface area (Å²) in [7, 11) is -3.19. The number of hydrogen-bond donors (Lipinski definition) is 1. The molecule has 0 spiro atoms. The first-order valence-corrected chi connectivity index (χ1v) is 12.9. The molecule has 2 aliphatic rings. The van der Waals surface area contributed by atoms with E-state index in [-0.39, 0.29) is 17.5 Å². The summed E-state index contributed by atoms with van der Waals surface area (Å²) in [4.78, 5) is 14.5. The summed E-state index contributed by atoms with van der Waals surface area (Å²) in [6.07, 6.45) is 15.9. The average molecular weight is 425 g/mol. The molecule has 1 amide bonds. The lowest BCUT2D eigenvalue weighted by molar-refractivity contribution is -0.118. The Kier molecular flexibility index (Phi) is 9.95. The van der Waals surface area contributed by atoms with Gasteiger partial charge in [0.15, 0.2) is 0 Å². The fourth-order valence-corrected chi connectivity index (χ4v) is 4.88. The van der Waals surface area contributed by atoms with E-state index >= 15 is 0 Å². The van der Waals surface area contributed by atoms with Crippen molar-refractivity contribution in [1.29, 1.82) is 5.26 Å². The Hall–Kier alpha value is -1.59. The van der Waals surface area contributed by atoms with Gasteiger partial charge in [0.25, 0.3) is 5.91 Å². The molecule has 7 nitrogen and oxygen atoms in total. The molecule has 0 aromatic heterocycles. The molecule has 2 rings (SSSR count). The molecule has 0 unspecified atom stereocenters. The molecule has 1 aliphatic heterocycles. The Balaban J connectivity index is 1.89. The van der Waals surface area contributed by atoms with Crippen LogP contribution in [0.25, 0.3) is 0 Å². The van der Waals surface area contributed by atoms with E-state index in [2.05, 4.69) is 5.32 Å². The van der Waals surface area contributed by atoms with Crippen LogP contribution in [-0.4, -0.2) is 62.0 Å². The molecule has 0 aromatic carbocycles. The van der Waals surface area contributed by atoms with Crippen LogP contribution in [-0.2, 0) is 14.8 Å². The van der Waals surface area contributed by atoms with Gasteiger partial charge in [-0.2, -0.15) is 9.57 Å². The van der Waals surface area contributed by atoms with Crippen molar-refractivity contribution < 1.29 is 13.2 Å². The molecule has 0 bridgehead atoms. The molecule has 0 radical (unpaired) electrons. The number of sulfonamides is 1. The van der Waals surface area contributed by atoms with E-state index in [9.17, 15) is 18.5 Å². The molecule has 1 saturated carbocycles. The number of nitriles is 1. The molecular weight excluding hydrogens is 388 g/mol. The molecule has 29 heavy (non-hydrogen) atoms. The Morgan fingerprint density at radius 3 is 1.86 bits per heavy atom. The van der Waals surface area contributed by atoms with Crippen LogP contribution in [0.2, 0.25) is 0 Å². The minimum absolute atomic E-state index is 0.101. The summed E-state index contributed by atoms with van der Waals surface area (Å²) in [5.41, 5.74) is 0.101. The largest absolute Gasteiger partial charge is 0.373 e.